The van der Waals surface area contributed by atoms with Crippen LogP contribution in [-0.2, 0) is 6.54 Å². The molecule has 0 atom stereocenters. The molecule has 0 saturated carbocycles. The van der Waals surface area contributed by atoms with Crippen molar-refractivity contribution in [3.05, 3.63) is 40.4 Å². The maximum atomic E-state index is 12.5. The van der Waals surface area contributed by atoms with Gasteiger partial charge in [-0.2, -0.15) is 0 Å². The molecule has 1 aromatic heterocycles. The summed E-state index contributed by atoms with van der Waals surface area (Å²) in [7, 11) is 4.09. The monoisotopic (exact) mass is 344 g/mol. The molecule has 128 valence electrons. The summed E-state index contributed by atoms with van der Waals surface area (Å²) in [5, 5.41) is 5.78. The molecule has 5 nitrogen and oxygen atoms in total. The van der Waals surface area contributed by atoms with Crippen LogP contribution < -0.4 is 10.2 Å². The van der Waals surface area contributed by atoms with E-state index >= 15 is 0 Å². The first-order chi connectivity index (χ1) is 11.5. The molecule has 1 aliphatic heterocycles. The summed E-state index contributed by atoms with van der Waals surface area (Å²) < 4.78 is 0. The van der Waals surface area contributed by atoms with E-state index in [1.807, 2.05) is 32.5 Å². The second-order valence-electron chi connectivity index (χ2n) is 6.55. The first kappa shape index (κ1) is 16.9. The Hall–Kier alpha value is -1.92. The van der Waals surface area contributed by atoms with Gasteiger partial charge in [-0.3, -0.25) is 4.79 Å². The molecule has 0 spiro atoms. The number of nitrogens with one attached hydrogen (secondary N) is 1. The van der Waals surface area contributed by atoms with Gasteiger partial charge in [0.25, 0.3) is 5.91 Å². The Morgan fingerprint density at radius 3 is 2.75 bits per heavy atom. The largest absolute Gasteiger partial charge is 0.348 e. The van der Waals surface area contributed by atoms with E-state index in [-0.39, 0.29) is 5.91 Å². The highest BCUT2D eigenvalue weighted by Crippen LogP contribution is 2.25. The number of hydrogen-bond donors (Lipinski definition) is 1. The summed E-state index contributed by atoms with van der Waals surface area (Å²) in [6.45, 7) is 4.99. The zero-order valence-electron chi connectivity index (χ0n) is 14.5. The Balaban J connectivity index is 1.68. The fraction of sp³-hybridized carbons (Fsp3) is 0.444. The van der Waals surface area contributed by atoms with E-state index in [0.29, 0.717) is 5.69 Å². The van der Waals surface area contributed by atoms with Gasteiger partial charge < -0.3 is 15.1 Å². The quantitative estimate of drug-likeness (QED) is 0.903. The molecule has 6 heteroatoms. The van der Waals surface area contributed by atoms with Gasteiger partial charge in [-0.05, 0) is 51.1 Å². The summed E-state index contributed by atoms with van der Waals surface area (Å²) in [5.74, 6) is -0.139. The summed E-state index contributed by atoms with van der Waals surface area (Å²) in [6, 6.07) is 6.14. The predicted octanol–water partition coefficient (Wildman–Crippen LogP) is 3.37. The first-order valence-corrected chi connectivity index (χ1v) is 9.17. The van der Waals surface area contributed by atoms with Crippen molar-refractivity contribution in [1.29, 1.82) is 0 Å². The maximum absolute atomic E-state index is 12.5. The molecular weight excluding hydrogens is 320 g/mol. The number of hydrogen-bond acceptors (Lipinski definition) is 5. The van der Waals surface area contributed by atoms with Gasteiger partial charge in [0.15, 0.2) is 5.13 Å². The molecule has 0 unspecified atom stereocenters. The van der Waals surface area contributed by atoms with Crippen molar-refractivity contribution in [2.45, 2.75) is 26.3 Å². The number of amides is 1. The minimum absolute atomic E-state index is 0.139. The van der Waals surface area contributed by atoms with Gasteiger partial charge in [0.1, 0.15) is 5.69 Å². The Kier molecular flexibility index (Phi) is 5.16. The Bertz CT molecular complexity index is 720. The first-order valence-electron chi connectivity index (χ1n) is 8.29. The number of benzene rings is 1. The van der Waals surface area contributed by atoms with Crippen LogP contribution in [0.4, 0.5) is 10.8 Å². The van der Waals surface area contributed by atoms with Gasteiger partial charge in [0, 0.05) is 30.7 Å². The van der Waals surface area contributed by atoms with Gasteiger partial charge in [-0.25, -0.2) is 4.98 Å². The minimum atomic E-state index is -0.139. The number of carbonyl (C=O) groups excluding carboxylic acids is 1. The maximum Gasteiger partial charge on any atom is 0.275 e. The standard InChI is InChI=1S/C18H24N4OS/c1-13-10-14(11-21(2)3)6-7-15(13)19-17(23)16-12-24-18(20-16)22-8-4-5-9-22/h6-7,10,12H,4-5,8-9,11H2,1-3H3,(H,19,23). The van der Waals surface area contributed by atoms with Crippen molar-refractivity contribution in [3.63, 3.8) is 0 Å². The van der Waals surface area contributed by atoms with Crippen LogP contribution in [0.1, 0.15) is 34.5 Å². The molecule has 1 aromatic carbocycles. The molecule has 1 aliphatic rings. The zero-order valence-corrected chi connectivity index (χ0v) is 15.3. The number of anilines is 2. The average Bonchev–Trinajstić information content (AvgIpc) is 3.19. The summed E-state index contributed by atoms with van der Waals surface area (Å²) in [4.78, 5) is 21.3. The van der Waals surface area contributed by atoms with Crippen LogP contribution in [0.25, 0.3) is 0 Å². The molecule has 24 heavy (non-hydrogen) atoms. The van der Waals surface area contributed by atoms with E-state index < -0.39 is 0 Å². The van der Waals surface area contributed by atoms with E-state index in [1.54, 1.807) is 11.3 Å². The van der Waals surface area contributed by atoms with Crippen LogP contribution in [0.2, 0.25) is 0 Å². The van der Waals surface area contributed by atoms with E-state index in [1.165, 1.54) is 18.4 Å². The van der Waals surface area contributed by atoms with Crippen molar-refractivity contribution in [2.24, 2.45) is 0 Å². The highest BCUT2D eigenvalue weighted by molar-refractivity contribution is 7.14. The van der Waals surface area contributed by atoms with Crippen molar-refractivity contribution in [2.75, 3.05) is 37.4 Å². The Morgan fingerprint density at radius 1 is 1.33 bits per heavy atom. The lowest BCUT2D eigenvalue weighted by Gasteiger charge is -2.13. The summed E-state index contributed by atoms with van der Waals surface area (Å²) >= 11 is 1.55. The van der Waals surface area contributed by atoms with E-state index in [0.717, 1.165) is 36.0 Å². The third-order valence-electron chi connectivity index (χ3n) is 4.14. The van der Waals surface area contributed by atoms with Crippen LogP contribution in [0.15, 0.2) is 23.6 Å². The molecular formula is C18H24N4OS. The lowest BCUT2D eigenvalue weighted by atomic mass is 10.1. The number of carbonyl (C=O) groups is 1. The van der Waals surface area contributed by atoms with E-state index in [9.17, 15) is 4.79 Å². The van der Waals surface area contributed by atoms with Gasteiger partial charge in [0.2, 0.25) is 0 Å². The second-order valence-corrected chi connectivity index (χ2v) is 7.39. The van der Waals surface area contributed by atoms with Crippen LogP contribution in [0.3, 0.4) is 0 Å². The normalized spacial score (nSPS) is 14.4. The lowest BCUT2D eigenvalue weighted by molar-refractivity contribution is 0.102. The van der Waals surface area contributed by atoms with Crippen LogP contribution in [0.5, 0.6) is 0 Å². The zero-order chi connectivity index (χ0) is 17.1. The molecule has 1 fully saturated rings. The van der Waals surface area contributed by atoms with Crippen molar-refractivity contribution < 1.29 is 4.79 Å². The van der Waals surface area contributed by atoms with Gasteiger partial charge >= 0.3 is 0 Å². The Labute approximate surface area is 147 Å². The van der Waals surface area contributed by atoms with Crippen molar-refractivity contribution in [1.82, 2.24) is 9.88 Å². The molecule has 0 bridgehead atoms. The van der Waals surface area contributed by atoms with E-state index in [2.05, 4.69) is 32.2 Å². The molecule has 0 aliphatic carbocycles. The molecule has 3 rings (SSSR count). The number of rotatable bonds is 5. The number of thiazole rings is 1. The fourth-order valence-corrected chi connectivity index (χ4v) is 3.80. The highest BCUT2D eigenvalue weighted by Gasteiger charge is 2.18. The number of aromatic nitrogens is 1. The smallest absolute Gasteiger partial charge is 0.275 e. The molecule has 2 heterocycles. The van der Waals surface area contributed by atoms with Gasteiger partial charge in [-0.1, -0.05) is 12.1 Å². The average molecular weight is 344 g/mol. The SMILES string of the molecule is Cc1cc(CN(C)C)ccc1NC(=O)c1csc(N2CCCC2)n1. The molecule has 1 saturated heterocycles. The topological polar surface area (TPSA) is 48.5 Å². The number of nitrogens with zero attached hydrogens (tertiary/aromatic N) is 3. The summed E-state index contributed by atoms with van der Waals surface area (Å²) in [6.07, 6.45) is 2.42. The predicted molar refractivity (Wildman–Crippen MR) is 100 cm³/mol. The van der Waals surface area contributed by atoms with Crippen LogP contribution in [-0.4, -0.2) is 43.0 Å². The van der Waals surface area contributed by atoms with Gasteiger partial charge in [0.05, 0.1) is 0 Å². The van der Waals surface area contributed by atoms with Crippen molar-refractivity contribution in [3.8, 4) is 0 Å². The van der Waals surface area contributed by atoms with E-state index in [4.69, 9.17) is 0 Å². The third-order valence-corrected chi connectivity index (χ3v) is 5.04. The molecule has 2 aromatic rings. The highest BCUT2D eigenvalue weighted by atomic mass is 32.1. The molecule has 1 amide bonds. The third kappa shape index (κ3) is 3.94. The fourth-order valence-electron chi connectivity index (χ4n) is 2.94. The minimum Gasteiger partial charge on any atom is -0.348 e. The van der Waals surface area contributed by atoms with Crippen LogP contribution in [0, 0.1) is 6.92 Å². The summed E-state index contributed by atoms with van der Waals surface area (Å²) in [5.41, 5.74) is 3.65. The van der Waals surface area contributed by atoms with Crippen LogP contribution >= 0.6 is 11.3 Å². The number of aryl methyl sites for hydroxylation is 1. The van der Waals surface area contributed by atoms with Crippen molar-refractivity contribution >= 4 is 28.1 Å². The second kappa shape index (κ2) is 7.32. The lowest BCUT2D eigenvalue weighted by Crippen LogP contribution is -2.18. The van der Waals surface area contributed by atoms with Gasteiger partial charge in [-0.15, -0.1) is 11.3 Å². The Morgan fingerprint density at radius 2 is 2.08 bits per heavy atom. The molecule has 1 N–H and O–H groups in total. The molecule has 0 radical (unpaired) electrons.